The fraction of sp³-hybridized carbons (Fsp3) is 0. The Balaban J connectivity index is 2.46. The molecule has 0 fully saturated rings. The first-order chi connectivity index (χ1) is 5.47. The molecule has 0 N–H and O–H groups in total. The summed E-state index contributed by atoms with van der Waals surface area (Å²) in [7, 11) is 0.511. The molecule has 2 rings (SSSR count). The van der Waals surface area contributed by atoms with E-state index in [2.05, 4.69) is 9.73 Å². The quantitative estimate of drug-likeness (QED) is 0.642. The van der Waals surface area contributed by atoms with Crippen LogP contribution >= 0.6 is 8.35 Å². The minimum Gasteiger partial charge on any atom is -0.231 e. The topological polar surface area (TPSA) is 25.8 Å². The Bertz CT molecular complexity index is 315. The fourth-order valence-corrected chi connectivity index (χ4v) is 1.48. The Kier molecular flexibility index (Phi) is 1.70. The lowest BCUT2D eigenvalue weighted by molar-refractivity contribution is 1.33. The van der Waals surface area contributed by atoms with Crippen molar-refractivity contribution in [2.24, 2.45) is 0 Å². The number of rotatable bonds is 1. The second-order valence-corrected chi connectivity index (χ2v) is 2.93. The first-order valence-electron chi connectivity index (χ1n) is 3.38. The Labute approximate surface area is 66.5 Å². The Morgan fingerprint density at radius 1 is 1.09 bits per heavy atom. The fourth-order valence-electron chi connectivity index (χ4n) is 0.935. The average molecular weight is 162 g/mol. The van der Waals surface area contributed by atoms with Crippen molar-refractivity contribution in [3.05, 3.63) is 36.3 Å². The highest BCUT2D eigenvalue weighted by atomic mass is 31.0. The molecule has 54 valence electrons. The summed E-state index contributed by atoms with van der Waals surface area (Å²) < 4.78 is 4.23. The van der Waals surface area contributed by atoms with E-state index in [9.17, 15) is 0 Å². The SMILES string of the molecule is c1ccc(-c2nc[pH]n2)cc1. The standard InChI is InChI=1S/C8H7N2P/c1-2-4-7(5-3-1)8-9-6-11-10-8/h1-6,11H. The lowest BCUT2D eigenvalue weighted by Gasteiger charge is -1.91. The van der Waals surface area contributed by atoms with Gasteiger partial charge in [-0.15, -0.1) is 0 Å². The predicted octanol–water partition coefficient (Wildman–Crippen LogP) is 2.17. The van der Waals surface area contributed by atoms with Crippen molar-refractivity contribution in [2.75, 3.05) is 0 Å². The van der Waals surface area contributed by atoms with Crippen LogP contribution < -0.4 is 0 Å². The largest absolute Gasteiger partial charge is 0.231 e. The number of hydrogen-bond donors (Lipinski definition) is 0. The normalized spacial score (nSPS) is 10.5. The minimum atomic E-state index is 0.511. The molecule has 2 aromatic rings. The van der Waals surface area contributed by atoms with Crippen LogP contribution in [0.5, 0.6) is 0 Å². The molecule has 0 radical (unpaired) electrons. The van der Waals surface area contributed by atoms with E-state index < -0.39 is 0 Å². The highest BCUT2D eigenvalue weighted by molar-refractivity contribution is 7.24. The Morgan fingerprint density at radius 2 is 1.91 bits per heavy atom. The highest BCUT2D eigenvalue weighted by Gasteiger charge is 1.96. The summed E-state index contributed by atoms with van der Waals surface area (Å²) in [5.74, 6) is 2.71. The van der Waals surface area contributed by atoms with E-state index in [0.29, 0.717) is 8.35 Å². The second kappa shape index (κ2) is 2.85. The van der Waals surface area contributed by atoms with Gasteiger partial charge in [-0.3, -0.25) is 0 Å². The van der Waals surface area contributed by atoms with Gasteiger partial charge in [-0.25, -0.2) is 9.73 Å². The lowest BCUT2D eigenvalue weighted by Crippen LogP contribution is -1.76. The van der Waals surface area contributed by atoms with Crippen molar-refractivity contribution in [2.45, 2.75) is 0 Å². The van der Waals surface area contributed by atoms with Gasteiger partial charge in [-0.05, 0) is 8.35 Å². The summed E-state index contributed by atoms with van der Waals surface area (Å²) in [6, 6.07) is 10.0. The smallest absolute Gasteiger partial charge is 0.162 e. The van der Waals surface area contributed by atoms with Gasteiger partial charge in [-0.2, -0.15) is 0 Å². The molecular weight excluding hydrogens is 155 g/mol. The molecule has 1 aromatic heterocycles. The summed E-state index contributed by atoms with van der Waals surface area (Å²) in [5, 5.41) is 0. The third-order valence-corrected chi connectivity index (χ3v) is 2.03. The maximum atomic E-state index is 4.23. The van der Waals surface area contributed by atoms with E-state index in [1.807, 2.05) is 36.3 Å². The van der Waals surface area contributed by atoms with Crippen LogP contribution in [-0.4, -0.2) is 9.73 Å². The number of aromatic nitrogens is 2. The van der Waals surface area contributed by atoms with Crippen LogP contribution in [0.2, 0.25) is 0 Å². The van der Waals surface area contributed by atoms with Crippen LogP contribution in [-0.2, 0) is 0 Å². The maximum Gasteiger partial charge on any atom is 0.162 e. The molecule has 11 heavy (non-hydrogen) atoms. The molecule has 0 aliphatic rings. The minimum absolute atomic E-state index is 0.511. The molecule has 1 aromatic carbocycles. The lowest BCUT2D eigenvalue weighted by atomic mass is 10.2. The average Bonchev–Trinajstić information content (AvgIpc) is 2.58. The number of hydrogen-bond acceptors (Lipinski definition) is 2. The van der Waals surface area contributed by atoms with Gasteiger partial charge in [0.25, 0.3) is 0 Å². The van der Waals surface area contributed by atoms with Crippen LogP contribution in [0.4, 0.5) is 0 Å². The van der Waals surface area contributed by atoms with Gasteiger partial charge >= 0.3 is 0 Å². The predicted molar refractivity (Wildman–Crippen MR) is 47.0 cm³/mol. The maximum absolute atomic E-state index is 4.23. The summed E-state index contributed by atoms with van der Waals surface area (Å²) in [6.07, 6.45) is 0. The highest BCUT2D eigenvalue weighted by Crippen LogP contribution is 2.15. The van der Waals surface area contributed by atoms with E-state index >= 15 is 0 Å². The molecule has 0 spiro atoms. The molecule has 0 saturated carbocycles. The molecule has 0 bridgehead atoms. The van der Waals surface area contributed by atoms with Gasteiger partial charge in [-0.1, -0.05) is 30.3 Å². The van der Waals surface area contributed by atoms with Crippen molar-refractivity contribution in [1.29, 1.82) is 0 Å². The summed E-state index contributed by atoms with van der Waals surface area (Å²) in [4.78, 5) is 4.14. The van der Waals surface area contributed by atoms with E-state index in [1.54, 1.807) is 0 Å². The number of benzene rings is 1. The summed E-state index contributed by atoms with van der Waals surface area (Å²) >= 11 is 0. The van der Waals surface area contributed by atoms with Crippen molar-refractivity contribution in [3.8, 4) is 11.4 Å². The molecule has 1 atom stereocenters. The van der Waals surface area contributed by atoms with Crippen LogP contribution in [0.25, 0.3) is 11.4 Å². The van der Waals surface area contributed by atoms with Gasteiger partial charge in [0.1, 0.15) is 0 Å². The number of nitrogens with zero attached hydrogens (tertiary/aromatic N) is 2. The van der Waals surface area contributed by atoms with E-state index in [4.69, 9.17) is 0 Å². The zero-order valence-electron chi connectivity index (χ0n) is 5.86. The van der Waals surface area contributed by atoms with Crippen molar-refractivity contribution < 1.29 is 0 Å². The molecule has 3 heteroatoms. The van der Waals surface area contributed by atoms with Gasteiger partial charge in [0.2, 0.25) is 0 Å². The molecular formula is C8H7N2P. The first kappa shape index (κ1) is 6.56. The first-order valence-corrected chi connectivity index (χ1v) is 4.40. The van der Waals surface area contributed by atoms with Crippen molar-refractivity contribution in [1.82, 2.24) is 9.73 Å². The summed E-state index contributed by atoms with van der Waals surface area (Å²) in [6.45, 7) is 0. The van der Waals surface area contributed by atoms with Gasteiger partial charge < -0.3 is 0 Å². The van der Waals surface area contributed by atoms with Crippen LogP contribution in [0.15, 0.2) is 36.3 Å². The van der Waals surface area contributed by atoms with Gasteiger partial charge in [0.05, 0.1) is 5.93 Å². The van der Waals surface area contributed by atoms with Crippen LogP contribution in [0, 0.1) is 0 Å². The zero-order valence-corrected chi connectivity index (χ0v) is 6.86. The molecule has 2 nitrogen and oxygen atoms in total. The monoisotopic (exact) mass is 162 g/mol. The second-order valence-electron chi connectivity index (χ2n) is 2.19. The van der Waals surface area contributed by atoms with E-state index in [-0.39, 0.29) is 0 Å². The molecule has 0 aliphatic heterocycles. The van der Waals surface area contributed by atoms with E-state index in [1.165, 1.54) is 0 Å². The van der Waals surface area contributed by atoms with Crippen LogP contribution in [0.3, 0.4) is 0 Å². The Hall–Kier alpha value is -1.14. The molecule has 1 heterocycles. The van der Waals surface area contributed by atoms with Crippen molar-refractivity contribution >= 4 is 8.35 Å². The zero-order chi connectivity index (χ0) is 7.52. The van der Waals surface area contributed by atoms with Gasteiger partial charge in [0.15, 0.2) is 5.82 Å². The Morgan fingerprint density at radius 3 is 2.55 bits per heavy atom. The van der Waals surface area contributed by atoms with E-state index in [0.717, 1.165) is 11.4 Å². The molecule has 0 amide bonds. The van der Waals surface area contributed by atoms with Crippen LogP contribution in [0.1, 0.15) is 0 Å². The van der Waals surface area contributed by atoms with Gasteiger partial charge in [0, 0.05) is 5.56 Å². The molecule has 1 unspecified atom stereocenters. The third-order valence-electron chi connectivity index (χ3n) is 1.45. The molecule has 0 saturated heterocycles. The van der Waals surface area contributed by atoms with Crippen molar-refractivity contribution in [3.63, 3.8) is 0 Å². The molecule has 0 aliphatic carbocycles. The third kappa shape index (κ3) is 1.31. The summed E-state index contributed by atoms with van der Waals surface area (Å²) in [5.41, 5.74) is 1.11.